The van der Waals surface area contributed by atoms with Crippen molar-refractivity contribution in [1.29, 1.82) is 0 Å². The van der Waals surface area contributed by atoms with Crippen LogP contribution in [-0.2, 0) is 10.0 Å². The molecule has 0 aliphatic rings. The Hall–Kier alpha value is -1.18. The van der Waals surface area contributed by atoms with Gasteiger partial charge in [-0.25, -0.2) is 17.7 Å². The molecule has 0 spiro atoms. The lowest BCUT2D eigenvalue weighted by molar-refractivity contribution is 0.520. The quantitative estimate of drug-likeness (QED) is 0.795. The fourth-order valence-corrected chi connectivity index (χ4v) is 2.36. The normalized spacial score (nSPS) is 11.8. The van der Waals surface area contributed by atoms with Crippen LogP contribution >= 0.6 is 0 Å². The van der Waals surface area contributed by atoms with Crippen LogP contribution in [0.4, 0.5) is 5.82 Å². The van der Waals surface area contributed by atoms with Crippen molar-refractivity contribution in [1.82, 2.24) is 9.29 Å². The van der Waals surface area contributed by atoms with E-state index in [1.54, 1.807) is 12.1 Å². The average molecular weight is 272 g/mol. The zero-order chi connectivity index (χ0) is 13.8. The molecule has 1 heterocycles. The molecule has 0 fully saturated rings. The second-order valence-corrected chi connectivity index (χ2v) is 6.16. The van der Waals surface area contributed by atoms with E-state index in [0.29, 0.717) is 13.1 Å². The first-order valence-corrected chi connectivity index (χ1v) is 7.21. The lowest BCUT2D eigenvalue weighted by atomic mass is 10.4. The molecule has 0 bridgehead atoms. The van der Waals surface area contributed by atoms with Crippen LogP contribution in [0, 0.1) is 0 Å². The summed E-state index contributed by atoms with van der Waals surface area (Å²) in [6, 6.07) is 3.27. The van der Waals surface area contributed by atoms with Gasteiger partial charge in [-0.1, -0.05) is 0 Å². The number of aromatic nitrogens is 1. The van der Waals surface area contributed by atoms with Crippen LogP contribution in [0.3, 0.4) is 0 Å². The molecule has 18 heavy (non-hydrogen) atoms. The number of nitrogens with zero attached hydrogens (tertiary/aromatic N) is 3. The van der Waals surface area contributed by atoms with E-state index in [4.69, 9.17) is 5.73 Å². The van der Waals surface area contributed by atoms with E-state index < -0.39 is 10.0 Å². The Morgan fingerprint density at radius 1 is 1.33 bits per heavy atom. The number of hydrogen-bond acceptors (Lipinski definition) is 5. The fourth-order valence-electron chi connectivity index (χ4n) is 1.51. The standard InChI is InChI=1S/C11H20N4O2S/c1-4-15(8-7-12)11-6-5-10(9-13-11)18(16,17)14(2)3/h5-6,9H,4,7-8,12H2,1-3H3. The summed E-state index contributed by atoms with van der Waals surface area (Å²) in [6.07, 6.45) is 1.38. The number of nitrogens with two attached hydrogens (primary N) is 1. The van der Waals surface area contributed by atoms with Gasteiger partial charge in [0.1, 0.15) is 10.7 Å². The zero-order valence-electron chi connectivity index (χ0n) is 11.0. The summed E-state index contributed by atoms with van der Waals surface area (Å²) in [4.78, 5) is 6.37. The number of rotatable bonds is 6. The summed E-state index contributed by atoms with van der Waals surface area (Å²) in [5, 5.41) is 0. The molecule has 7 heteroatoms. The summed E-state index contributed by atoms with van der Waals surface area (Å²) in [5.41, 5.74) is 5.51. The molecule has 0 aliphatic carbocycles. The van der Waals surface area contributed by atoms with Crippen LogP contribution in [0.1, 0.15) is 6.92 Å². The van der Waals surface area contributed by atoms with Crippen LogP contribution in [0.5, 0.6) is 0 Å². The summed E-state index contributed by atoms with van der Waals surface area (Å²) in [7, 11) is -0.419. The third-order valence-electron chi connectivity index (χ3n) is 2.60. The second-order valence-electron chi connectivity index (χ2n) is 4.01. The lowest BCUT2D eigenvalue weighted by Gasteiger charge is -2.21. The summed E-state index contributed by atoms with van der Waals surface area (Å²) >= 11 is 0. The van der Waals surface area contributed by atoms with E-state index in [1.165, 1.54) is 24.6 Å². The van der Waals surface area contributed by atoms with Gasteiger partial charge in [0.15, 0.2) is 0 Å². The van der Waals surface area contributed by atoms with Crippen LogP contribution in [0.15, 0.2) is 23.2 Å². The summed E-state index contributed by atoms with van der Waals surface area (Å²) in [6.45, 7) is 4.02. The van der Waals surface area contributed by atoms with Crippen molar-refractivity contribution in [3.8, 4) is 0 Å². The zero-order valence-corrected chi connectivity index (χ0v) is 11.8. The molecular weight excluding hydrogens is 252 g/mol. The highest BCUT2D eigenvalue weighted by molar-refractivity contribution is 7.89. The minimum absolute atomic E-state index is 0.194. The molecule has 1 aromatic rings. The Morgan fingerprint density at radius 3 is 2.39 bits per heavy atom. The van der Waals surface area contributed by atoms with Gasteiger partial charge >= 0.3 is 0 Å². The molecule has 0 saturated heterocycles. The maximum Gasteiger partial charge on any atom is 0.244 e. The number of pyridine rings is 1. The first kappa shape index (κ1) is 14.9. The average Bonchev–Trinajstić information content (AvgIpc) is 2.36. The van der Waals surface area contributed by atoms with Crippen molar-refractivity contribution < 1.29 is 8.42 Å². The molecule has 102 valence electrons. The Labute approximate surface area is 108 Å². The first-order valence-electron chi connectivity index (χ1n) is 5.77. The molecule has 0 atom stereocenters. The van der Waals surface area contributed by atoms with E-state index in [-0.39, 0.29) is 4.90 Å². The van der Waals surface area contributed by atoms with Crippen LogP contribution in [-0.4, -0.2) is 51.4 Å². The Balaban J connectivity index is 2.99. The molecule has 0 amide bonds. The molecule has 0 aliphatic heterocycles. The van der Waals surface area contributed by atoms with Gasteiger partial charge in [-0.3, -0.25) is 0 Å². The molecule has 1 aromatic heterocycles. The predicted octanol–water partition coefficient (Wildman–Crippen LogP) is 0.117. The third-order valence-corrected chi connectivity index (χ3v) is 4.40. The highest BCUT2D eigenvalue weighted by Gasteiger charge is 2.17. The van der Waals surface area contributed by atoms with Crippen molar-refractivity contribution >= 4 is 15.8 Å². The van der Waals surface area contributed by atoms with E-state index in [2.05, 4.69) is 4.98 Å². The molecule has 6 nitrogen and oxygen atoms in total. The predicted molar refractivity (Wildman–Crippen MR) is 72.1 cm³/mol. The SMILES string of the molecule is CCN(CCN)c1ccc(S(=O)(=O)N(C)C)cn1. The maximum atomic E-state index is 11.9. The Kier molecular flexibility index (Phi) is 5.06. The second kappa shape index (κ2) is 6.12. The van der Waals surface area contributed by atoms with Gasteiger partial charge in [0.2, 0.25) is 10.0 Å². The number of sulfonamides is 1. The van der Waals surface area contributed by atoms with Crippen molar-refractivity contribution in [2.75, 3.05) is 38.6 Å². The molecule has 0 unspecified atom stereocenters. The monoisotopic (exact) mass is 272 g/mol. The van der Waals surface area contributed by atoms with E-state index in [1.807, 2.05) is 11.8 Å². The van der Waals surface area contributed by atoms with Gasteiger partial charge < -0.3 is 10.6 Å². The number of hydrogen-bond donors (Lipinski definition) is 1. The van der Waals surface area contributed by atoms with E-state index in [0.717, 1.165) is 12.4 Å². The highest BCUT2D eigenvalue weighted by atomic mass is 32.2. The third kappa shape index (κ3) is 3.18. The summed E-state index contributed by atoms with van der Waals surface area (Å²) < 4.78 is 24.9. The van der Waals surface area contributed by atoms with Gasteiger partial charge in [-0.05, 0) is 19.1 Å². The van der Waals surface area contributed by atoms with Gasteiger partial charge in [-0.2, -0.15) is 0 Å². The minimum Gasteiger partial charge on any atom is -0.356 e. The summed E-state index contributed by atoms with van der Waals surface area (Å²) in [5.74, 6) is 0.737. The first-order chi connectivity index (χ1) is 8.43. The van der Waals surface area contributed by atoms with Crippen LogP contribution in [0.25, 0.3) is 0 Å². The van der Waals surface area contributed by atoms with Gasteiger partial charge in [0.25, 0.3) is 0 Å². The maximum absolute atomic E-state index is 11.9. The van der Waals surface area contributed by atoms with Gasteiger partial charge in [0, 0.05) is 39.9 Å². The Morgan fingerprint density at radius 2 is 2.00 bits per heavy atom. The minimum atomic E-state index is -3.41. The van der Waals surface area contributed by atoms with Crippen LogP contribution < -0.4 is 10.6 Å². The topological polar surface area (TPSA) is 79.5 Å². The molecule has 0 saturated carbocycles. The van der Waals surface area contributed by atoms with Crippen molar-refractivity contribution in [3.63, 3.8) is 0 Å². The highest BCUT2D eigenvalue weighted by Crippen LogP contribution is 2.16. The van der Waals surface area contributed by atoms with Crippen molar-refractivity contribution in [2.45, 2.75) is 11.8 Å². The molecule has 0 aromatic carbocycles. The van der Waals surface area contributed by atoms with Gasteiger partial charge in [0.05, 0.1) is 0 Å². The van der Waals surface area contributed by atoms with Crippen molar-refractivity contribution in [3.05, 3.63) is 18.3 Å². The van der Waals surface area contributed by atoms with E-state index in [9.17, 15) is 8.42 Å². The Bertz CT molecular complexity index is 470. The number of anilines is 1. The molecule has 1 rings (SSSR count). The van der Waals surface area contributed by atoms with Crippen molar-refractivity contribution in [2.24, 2.45) is 5.73 Å². The smallest absolute Gasteiger partial charge is 0.244 e. The molecular formula is C11H20N4O2S. The molecule has 0 radical (unpaired) electrons. The number of likely N-dealkylation sites (N-methyl/N-ethyl adjacent to an activating group) is 1. The van der Waals surface area contributed by atoms with Crippen LogP contribution in [0.2, 0.25) is 0 Å². The van der Waals surface area contributed by atoms with E-state index >= 15 is 0 Å². The largest absolute Gasteiger partial charge is 0.356 e. The fraction of sp³-hybridized carbons (Fsp3) is 0.545. The lowest BCUT2D eigenvalue weighted by Crippen LogP contribution is -2.30. The van der Waals surface area contributed by atoms with Gasteiger partial charge in [-0.15, -0.1) is 0 Å². The molecule has 2 N–H and O–H groups in total.